The molecule has 0 spiro atoms. The van der Waals surface area contributed by atoms with Crippen molar-refractivity contribution < 1.29 is 0 Å². The lowest BCUT2D eigenvalue weighted by molar-refractivity contribution is 0.453. The Morgan fingerprint density at radius 2 is 1.78 bits per heavy atom. The second-order valence-electron chi connectivity index (χ2n) is 5.33. The summed E-state index contributed by atoms with van der Waals surface area (Å²) in [5, 5.41) is 0. The summed E-state index contributed by atoms with van der Waals surface area (Å²) in [7, 11) is 0. The highest BCUT2D eigenvalue weighted by Gasteiger charge is 2.28. The number of fused-ring (bicyclic) bond motifs is 1. The van der Waals surface area contributed by atoms with E-state index < -0.39 is 0 Å². The molecule has 1 aromatic heterocycles. The van der Waals surface area contributed by atoms with E-state index in [1.807, 2.05) is 11.3 Å². The Hall–Kier alpha value is -1.12. The molecular weight excluding hydrogens is 238 g/mol. The lowest BCUT2D eigenvalue weighted by Crippen LogP contribution is -2.22. The third-order valence-corrected chi connectivity index (χ3v) is 5.01. The van der Waals surface area contributed by atoms with Gasteiger partial charge in [-0.2, -0.15) is 0 Å². The molecule has 1 nitrogen and oxygen atoms in total. The molecule has 0 amide bonds. The molecule has 0 bridgehead atoms. The molecule has 1 unspecified atom stereocenters. The molecule has 3 rings (SSSR count). The molecule has 2 N–H and O–H groups in total. The van der Waals surface area contributed by atoms with Crippen LogP contribution in [0.2, 0.25) is 0 Å². The monoisotopic (exact) mass is 257 g/mol. The average Bonchev–Trinajstić information content (AvgIpc) is 2.91. The maximum Gasteiger partial charge on any atom is 0.0340 e. The number of aryl methyl sites for hydroxylation is 2. The Morgan fingerprint density at radius 1 is 1.17 bits per heavy atom. The Bertz CT molecular complexity index is 545. The van der Waals surface area contributed by atoms with Gasteiger partial charge in [0.05, 0.1) is 0 Å². The van der Waals surface area contributed by atoms with E-state index >= 15 is 0 Å². The normalized spacial score (nSPS) is 16.8. The lowest BCUT2D eigenvalue weighted by atomic mass is 9.91. The summed E-state index contributed by atoms with van der Waals surface area (Å²) in [5.41, 5.74) is 10.8. The number of hydrogen-bond acceptors (Lipinski definition) is 2. The fourth-order valence-electron chi connectivity index (χ4n) is 3.08. The van der Waals surface area contributed by atoms with Gasteiger partial charge in [0, 0.05) is 15.8 Å². The second kappa shape index (κ2) is 4.52. The van der Waals surface area contributed by atoms with Crippen LogP contribution in [0.15, 0.2) is 30.3 Å². The van der Waals surface area contributed by atoms with Gasteiger partial charge in [-0.25, -0.2) is 0 Å². The summed E-state index contributed by atoms with van der Waals surface area (Å²) in [6.07, 6.45) is 2.26. The Kier molecular flexibility index (Phi) is 3.00. The van der Waals surface area contributed by atoms with Gasteiger partial charge >= 0.3 is 0 Å². The van der Waals surface area contributed by atoms with Gasteiger partial charge in [-0.1, -0.05) is 24.3 Å². The zero-order valence-electron chi connectivity index (χ0n) is 10.9. The van der Waals surface area contributed by atoms with Crippen LogP contribution in [0.1, 0.15) is 32.5 Å². The van der Waals surface area contributed by atoms with Crippen LogP contribution in [-0.2, 0) is 12.8 Å². The maximum absolute atomic E-state index is 6.50. The van der Waals surface area contributed by atoms with Crippen molar-refractivity contribution in [1.82, 2.24) is 0 Å². The van der Waals surface area contributed by atoms with Gasteiger partial charge in [-0.3, -0.25) is 0 Å². The third kappa shape index (κ3) is 2.00. The Labute approximate surface area is 113 Å². The van der Waals surface area contributed by atoms with E-state index in [9.17, 15) is 0 Å². The molecule has 0 fully saturated rings. The van der Waals surface area contributed by atoms with Crippen molar-refractivity contribution in [3.8, 4) is 0 Å². The number of rotatable bonds is 2. The zero-order valence-corrected chi connectivity index (χ0v) is 11.8. The third-order valence-electron chi connectivity index (χ3n) is 4.03. The molecule has 1 aromatic carbocycles. The van der Waals surface area contributed by atoms with Crippen LogP contribution in [-0.4, -0.2) is 0 Å². The van der Waals surface area contributed by atoms with Gasteiger partial charge in [-0.15, -0.1) is 11.3 Å². The highest BCUT2D eigenvalue weighted by atomic mass is 32.1. The molecule has 0 saturated carbocycles. The smallest absolute Gasteiger partial charge is 0.0340 e. The first-order chi connectivity index (χ1) is 8.65. The standard InChI is InChI=1S/C16H19NS/c1-10-7-15(11(2)18-10)16(17)14-8-12-5-3-4-6-13(12)9-14/h3-7,14,16H,8-9,17H2,1-2H3. The summed E-state index contributed by atoms with van der Waals surface area (Å²) in [5.74, 6) is 0.565. The van der Waals surface area contributed by atoms with E-state index in [1.54, 1.807) is 0 Å². The van der Waals surface area contributed by atoms with E-state index in [4.69, 9.17) is 5.73 Å². The summed E-state index contributed by atoms with van der Waals surface area (Å²) in [4.78, 5) is 2.75. The summed E-state index contributed by atoms with van der Waals surface area (Å²) < 4.78 is 0. The van der Waals surface area contributed by atoms with Gasteiger partial charge in [0.2, 0.25) is 0 Å². The van der Waals surface area contributed by atoms with Crippen LogP contribution in [0.4, 0.5) is 0 Å². The van der Waals surface area contributed by atoms with E-state index in [1.165, 1.54) is 26.4 Å². The molecule has 1 heterocycles. The first kappa shape index (κ1) is 11.9. The van der Waals surface area contributed by atoms with Crippen LogP contribution in [0.3, 0.4) is 0 Å². The van der Waals surface area contributed by atoms with Crippen molar-refractivity contribution in [2.75, 3.05) is 0 Å². The fraction of sp³-hybridized carbons (Fsp3) is 0.375. The maximum atomic E-state index is 6.50. The molecule has 2 aromatic rings. The molecule has 1 aliphatic rings. The SMILES string of the molecule is Cc1cc(C(N)C2Cc3ccccc3C2)c(C)s1. The minimum atomic E-state index is 0.183. The molecule has 94 valence electrons. The number of thiophene rings is 1. The molecule has 2 heteroatoms. The lowest BCUT2D eigenvalue weighted by Gasteiger charge is -2.19. The molecular formula is C16H19NS. The van der Waals surface area contributed by atoms with Crippen LogP contribution < -0.4 is 5.73 Å². The van der Waals surface area contributed by atoms with E-state index in [2.05, 4.69) is 44.2 Å². The van der Waals surface area contributed by atoms with Crippen LogP contribution in [0.5, 0.6) is 0 Å². The minimum absolute atomic E-state index is 0.183. The number of benzene rings is 1. The van der Waals surface area contributed by atoms with Crippen molar-refractivity contribution >= 4 is 11.3 Å². The first-order valence-corrected chi connectivity index (χ1v) is 7.36. The fourth-order valence-corrected chi connectivity index (χ4v) is 4.06. The molecule has 1 aliphatic carbocycles. The Morgan fingerprint density at radius 3 is 2.28 bits per heavy atom. The van der Waals surface area contributed by atoms with Crippen LogP contribution in [0, 0.1) is 19.8 Å². The van der Waals surface area contributed by atoms with Crippen molar-refractivity contribution in [2.24, 2.45) is 11.7 Å². The topological polar surface area (TPSA) is 26.0 Å². The van der Waals surface area contributed by atoms with Crippen molar-refractivity contribution in [1.29, 1.82) is 0 Å². The van der Waals surface area contributed by atoms with E-state index in [-0.39, 0.29) is 6.04 Å². The van der Waals surface area contributed by atoms with Crippen molar-refractivity contribution in [2.45, 2.75) is 32.7 Å². The van der Waals surface area contributed by atoms with Crippen molar-refractivity contribution in [3.63, 3.8) is 0 Å². The molecule has 1 atom stereocenters. The van der Waals surface area contributed by atoms with Crippen LogP contribution >= 0.6 is 11.3 Å². The van der Waals surface area contributed by atoms with Crippen molar-refractivity contribution in [3.05, 3.63) is 56.8 Å². The highest BCUT2D eigenvalue weighted by Crippen LogP contribution is 2.36. The predicted molar refractivity (Wildman–Crippen MR) is 78.1 cm³/mol. The molecule has 0 aliphatic heterocycles. The molecule has 0 radical (unpaired) electrons. The van der Waals surface area contributed by atoms with E-state index in [0.717, 1.165) is 12.8 Å². The van der Waals surface area contributed by atoms with Gasteiger partial charge in [0.25, 0.3) is 0 Å². The number of nitrogens with two attached hydrogens (primary N) is 1. The Balaban J connectivity index is 1.84. The van der Waals surface area contributed by atoms with Gasteiger partial charge in [-0.05, 0) is 55.4 Å². The van der Waals surface area contributed by atoms with E-state index in [0.29, 0.717) is 5.92 Å². The predicted octanol–water partition coefficient (Wildman–Crippen LogP) is 3.78. The molecule has 0 saturated heterocycles. The van der Waals surface area contributed by atoms with Gasteiger partial charge in [0.1, 0.15) is 0 Å². The summed E-state index contributed by atoms with van der Waals surface area (Å²) >= 11 is 1.86. The second-order valence-corrected chi connectivity index (χ2v) is 6.79. The summed E-state index contributed by atoms with van der Waals surface area (Å²) in [6, 6.07) is 11.2. The summed E-state index contributed by atoms with van der Waals surface area (Å²) in [6.45, 7) is 4.35. The number of hydrogen-bond donors (Lipinski definition) is 1. The van der Waals surface area contributed by atoms with Crippen LogP contribution in [0.25, 0.3) is 0 Å². The minimum Gasteiger partial charge on any atom is -0.324 e. The molecule has 18 heavy (non-hydrogen) atoms. The highest BCUT2D eigenvalue weighted by molar-refractivity contribution is 7.12. The first-order valence-electron chi connectivity index (χ1n) is 6.54. The largest absolute Gasteiger partial charge is 0.324 e. The average molecular weight is 257 g/mol. The quantitative estimate of drug-likeness (QED) is 0.870. The van der Waals surface area contributed by atoms with Gasteiger partial charge in [0.15, 0.2) is 0 Å². The van der Waals surface area contributed by atoms with Gasteiger partial charge < -0.3 is 5.73 Å². The zero-order chi connectivity index (χ0) is 12.7.